The van der Waals surface area contributed by atoms with Crippen molar-refractivity contribution in [2.45, 2.75) is 12.3 Å². The van der Waals surface area contributed by atoms with Crippen LogP contribution in [0, 0.1) is 0 Å². The van der Waals surface area contributed by atoms with Crippen LogP contribution in [-0.4, -0.2) is 35.6 Å². The number of nitrogens with zero attached hydrogens (tertiary/aromatic N) is 3. The van der Waals surface area contributed by atoms with Crippen molar-refractivity contribution in [3.8, 4) is 0 Å². The largest absolute Gasteiger partial charge is 0.471 e. The van der Waals surface area contributed by atoms with E-state index in [0.717, 1.165) is 33.2 Å². The van der Waals surface area contributed by atoms with E-state index < -0.39 is 13.0 Å². The highest BCUT2D eigenvalue weighted by atomic mass is 32.1. The molecule has 170 valence electrons. The molecule has 0 fully saturated rings. The summed E-state index contributed by atoms with van der Waals surface area (Å²) < 4.78 is 0. The van der Waals surface area contributed by atoms with Gasteiger partial charge in [-0.1, -0.05) is 54.6 Å². The summed E-state index contributed by atoms with van der Waals surface area (Å²) in [5.74, 6) is -0.456. The molecule has 1 atom stereocenters. The number of nitrogens with two attached hydrogens (primary N) is 1. The minimum Gasteiger partial charge on any atom is -0.427 e. The number of hydrazone groups is 1. The van der Waals surface area contributed by atoms with Crippen molar-refractivity contribution in [2.75, 3.05) is 11.5 Å². The zero-order valence-corrected chi connectivity index (χ0v) is 19.5. The lowest BCUT2D eigenvalue weighted by Gasteiger charge is -2.29. The predicted molar refractivity (Wildman–Crippen MR) is 143 cm³/mol. The van der Waals surface area contributed by atoms with Crippen LogP contribution in [0.2, 0.25) is 0 Å². The maximum Gasteiger partial charge on any atom is 0.471 e. The second-order valence-electron chi connectivity index (χ2n) is 8.14. The summed E-state index contributed by atoms with van der Waals surface area (Å²) in [5.41, 5.74) is 10.1. The fourth-order valence-electron chi connectivity index (χ4n) is 4.38. The maximum atomic E-state index is 13.3. The normalized spacial score (nSPS) is 13.4. The Labute approximate surface area is 205 Å². The van der Waals surface area contributed by atoms with Crippen molar-refractivity contribution in [2.24, 2.45) is 10.8 Å². The maximum absolute atomic E-state index is 13.3. The Bertz CT molecular complexity index is 1350. The number of fused-ring (bicyclic) bond motifs is 2. The third kappa shape index (κ3) is 4.48. The minimum absolute atomic E-state index is 0. The molecule has 34 heavy (non-hydrogen) atoms. The number of aromatic nitrogens is 1. The van der Waals surface area contributed by atoms with Gasteiger partial charge in [-0.2, -0.15) is 18.6 Å². The molecule has 0 radical (unpaired) electrons. The van der Waals surface area contributed by atoms with Gasteiger partial charge in [0.15, 0.2) is 0 Å². The second-order valence-corrected chi connectivity index (χ2v) is 8.14. The molecule has 0 aliphatic carbocycles. The standard InChI is InChI=1S/C26H23BN4O2.H2S/c28-15-23(26(32)14-18-9-10-20-16-29-12-11-19(20)13-18)22-7-4-8-25-24(22)17-30-31(27(25)33)21-5-2-1-3-6-21;/h1-13,16-17,23,33H,14-15,28H2;1H2/t23-;/m1./s1. The third-order valence-corrected chi connectivity index (χ3v) is 6.10. The van der Waals surface area contributed by atoms with Crippen molar-refractivity contribution in [1.29, 1.82) is 0 Å². The molecule has 4 aromatic rings. The SMILES string of the molecule is NC[C@@H](C(=O)Cc1ccc2cnccc2c1)c1cccc2c1C=NN(c1ccccc1)B2O.S. The van der Waals surface area contributed by atoms with Gasteiger partial charge in [-0.25, -0.2) is 0 Å². The molecule has 0 bridgehead atoms. The summed E-state index contributed by atoms with van der Waals surface area (Å²) in [6, 6.07) is 23.0. The first-order valence-electron chi connectivity index (χ1n) is 10.9. The number of Topliss-reactive ketones (excluding diaryl/α,β-unsaturated/α-hetero) is 1. The van der Waals surface area contributed by atoms with E-state index in [1.165, 1.54) is 0 Å². The van der Waals surface area contributed by atoms with Crippen LogP contribution in [0.5, 0.6) is 0 Å². The van der Waals surface area contributed by atoms with Crippen molar-refractivity contribution >= 4 is 54.5 Å². The van der Waals surface area contributed by atoms with Gasteiger partial charge in [0.25, 0.3) is 0 Å². The van der Waals surface area contributed by atoms with Crippen molar-refractivity contribution in [3.63, 3.8) is 0 Å². The Balaban J connectivity index is 0.00000274. The van der Waals surface area contributed by atoms with Gasteiger partial charge in [0.05, 0.1) is 12.1 Å². The molecule has 0 unspecified atom stereocenters. The van der Waals surface area contributed by atoms with Gasteiger partial charge >= 0.3 is 7.05 Å². The number of hydrogen-bond donors (Lipinski definition) is 2. The zero-order chi connectivity index (χ0) is 22.8. The van der Waals surface area contributed by atoms with E-state index in [4.69, 9.17) is 5.73 Å². The molecular weight excluding hydrogens is 443 g/mol. The molecular formula is C26H25BN4O2S. The fraction of sp³-hybridized carbons (Fsp3) is 0.115. The van der Waals surface area contributed by atoms with Crippen LogP contribution >= 0.6 is 13.5 Å². The Kier molecular flexibility index (Phi) is 7.12. The fourth-order valence-corrected chi connectivity index (χ4v) is 4.38. The van der Waals surface area contributed by atoms with Crippen molar-refractivity contribution in [1.82, 2.24) is 4.98 Å². The second kappa shape index (κ2) is 10.2. The topological polar surface area (TPSA) is 91.8 Å². The smallest absolute Gasteiger partial charge is 0.427 e. The summed E-state index contributed by atoms with van der Waals surface area (Å²) in [7, 11) is -0.949. The van der Waals surface area contributed by atoms with Crippen LogP contribution in [0.3, 0.4) is 0 Å². The lowest BCUT2D eigenvalue weighted by molar-refractivity contribution is -0.119. The molecule has 5 rings (SSSR count). The highest BCUT2D eigenvalue weighted by molar-refractivity contribution is 7.59. The van der Waals surface area contributed by atoms with Crippen LogP contribution < -0.4 is 16.1 Å². The lowest BCUT2D eigenvalue weighted by atomic mass is 9.67. The van der Waals surface area contributed by atoms with Gasteiger partial charge in [0.1, 0.15) is 5.78 Å². The quantitative estimate of drug-likeness (QED) is 0.425. The van der Waals surface area contributed by atoms with E-state index >= 15 is 0 Å². The van der Waals surface area contributed by atoms with E-state index in [-0.39, 0.29) is 32.2 Å². The number of pyridine rings is 1. The molecule has 0 amide bonds. The molecule has 1 aliphatic rings. The third-order valence-electron chi connectivity index (χ3n) is 6.10. The van der Waals surface area contributed by atoms with Crippen LogP contribution in [0.15, 0.2) is 90.3 Å². The first-order chi connectivity index (χ1) is 16.2. The number of ketones is 1. The van der Waals surface area contributed by atoms with Crippen molar-refractivity contribution in [3.05, 3.63) is 102 Å². The van der Waals surface area contributed by atoms with Gasteiger partial charge in [0.2, 0.25) is 0 Å². The van der Waals surface area contributed by atoms with Gasteiger partial charge in [-0.3, -0.25) is 14.7 Å². The zero-order valence-electron chi connectivity index (χ0n) is 18.5. The van der Waals surface area contributed by atoms with E-state index in [0.29, 0.717) is 5.46 Å². The molecule has 1 aromatic heterocycles. The average Bonchev–Trinajstić information content (AvgIpc) is 2.85. The van der Waals surface area contributed by atoms with E-state index in [2.05, 4.69) is 10.1 Å². The molecule has 3 aromatic carbocycles. The van der Waals surface area contributed by atoms with Crippen LogP contribution in [0.25, 0.3) is 10.8 Å². The van der Waals surface area contributed by atoms with Crippen LogP contribution in [-0.2, 0) is 11.2 Å². The Hall–Kier alpha value is -3.46. The van der Waals surface area contributed by atoms with E-state index in [9.17, 15) is 9.82 Å². The Morgan fingerprint density at radius 2 is 1.85 bits per heavy atom. The highest BCUT2D eigenvalue weighted by Crippen LogP contribution is 2.25. The number of carbonyl (C=O) groups excluding carboxylic acids is 1. The molecule has 3 N–H and O–H groups in total. The molecule has 0 saturated heterocycles. The highest BCUT2D eigenvalue weighted by Gasteiger charge is 2.33. The Morgan fingerprint density at radius 3 is 2.65 bits per heavy atom. The van der Waals surface area contributed by atoms with Gasteiger partial charge < -0.3 is 10.8 Å². The predicted octanol–water partition coefficient (Wildman–Crippen LogP) is 2.74. The number of rotatable bonds is 6. The summed E-state index contributed by atoms with van der Waals surface area (Å²) >= 11 is 0. The minimum atomic E-state index is -0.949. The van der Waals surface area contributed by atoms with Gasteiger partial charge in [-0.15, -0.1) is 0 Å². The number of hydrogen-bond acceptors (Lipinski definition) is 6. The summed E-state index contributed by atoms with van der Waals surface area (Å²) in [6.07, 6.45) is 5.54. The van der Waals surface area contributed by atoms with Crippen LogP contribution in [0.1, 0.15) is 22.6 Å². The Morgan fingerprint density at radius 1 is 1.03 bits per heavy atom. The molecule has 2 heterocycles. The van der Waals surface area contributed by atoms with Gasteiger partial charge in [0, 0.05) is 36.4 Å². The molecule has 0 spiro atoms. The molecule has 8 heteroatoms. The number of anilines is 1. The van der Waals surface area contributed by atoms with Gasteiger partial charge in [-0.05, 0) is 45.7 Å². The first kappa shape index (κ1) is 23.7. The molecule has 6 nitrogen and oxygen atoms in total. The van der Waals surface area contributed by atoms with E-state index in [1.807, 2.05) is 79.0 Å². The van der Waals surface area contributed by atoms with Crippen LogP contribution in [0.4, 0.5) is 5.69 Å². The number of para-hydroxylation sites is 1. The summed E-state index contributed by atoms with van der Waals surface area (Å²) in [6.45, 7) is 0.180. The number of benzene rings is 3. The monoisotopic (exact) mass is 468 g/mol. The average molecular weight is 468 g/mol. The molecule has 1 aliphatic heterocycles. The van der Waals surface area contributed by atoms with E-state index in [1.54, 1.807) is 17.3 Å². The van der Waals surface area contributed by atoms with Crippen molar-refractivity contribution < 1.29 is 9.82 Å². The summed E-state index contributed by atoms with van der Waals surface area (Å²) in [5, 5.41) is 17.6. The first-order valence-corrected chi connectivity index (χ1v) is 10.9. The summed E-state index contributed by atoms with van der Waals surface area (Å²) in [4.78, 5) is 19.0. The number of carbonyl (C=O) groups is 1. The lowest BCUT2D eigenvalue weighted by Crippen LogP contribution is -2.50. The molecule has 0 saturated carbocycles.